The second-order valence-electron chi connectivity index (χ2n) is 4.08. The number of rotatable bonds is 3. The highest BCUT2D eigenvalue weighted by Gasteiger charge is 2.11. The summed E-state index contributed by atoms with van der Waals surface area (Å²) in [5.74, 6) is -0.332. The molecule has 0 saturated carbocycles. The van der Waals surface area contributed by atoms with Gasteiger partial charge in [-0.1, -0.05) is 15.9 Å². The van der Waals surface area contributed by atoms with E-state index in [9.17, 15) is 9.50 Å². The molecule has 5 heteroatoms. The van der Waals surface area contributed by atoms with Crippen molar-refractivity contribution < 1.29 is 9.50 Å². The first-order valence-corrected chi connectivity index (χ1v) is 6.25. The van der Waals surface area contributed by atoms with Crippen molar-refractivity contribution in [1.29, 1.82) is 0 Å². The van der Waals surface area contributed by atoms with Crippen LogP contribution in [0.2, 0.25) is 0 Å². The molecule has 0 aliphatic rings. The summed E-state index contributed by atoms with van der Waals surface area (Å²) in [6.07, 6.45) is 2.65. The lowest BCUT2D eigenvalue weighted by Gasteiger charge is -2.10. The summed E-state index contributed by atoms with van der Waals surface area (Å²) in [7, 11) is 0. The number of benzene rings is 1. The van der Waals surface area contributed by atoms with E-state index in [1.807, 2.05) is 6.92 Å². The maximum atomic E-state index is 13.2. The average Bonchev–Trinajstić information content (AvgIpc) is 2.28. The molecular weight excluding hydrogens is 299 g/mol. The Morgan fingerprint density at radius 2 is 2.06 bits per heavy atom. The topological polar surface area (TPSA) is 46.0 Å². The van der Waals surface area contributed by atoms with Crippen LogP contribution in [0.3, 0.4) is 0 Å². The molecule has 0 amide bonds. The van der Waals surface area contributed by atoms with Gasteiger partial charge < -0.3 is 5.11 Å². The monoisotopic (exact) mass is 310 g/mol. The van der Waals surface area contributed by atoms with E-state index in [0.29, 0.717) is 22.2 Å². The van der Waals surface area contributed by atoms with Gasteiger partial charge in [0, 0.05) is 17.1 Å². The highest BCUT2D eigenvalue weighted by molar-refractivity contribution is 9.10. The number of aliphatic hydroxyl groups excluding tert-OH is 1. The van der Waals surface area contributed by atoms with Crippen molar-refractivity contribution in [2.45, 2.75) is 19.4 Å². The molecule has 1 heterocycles. The molecule has 1 unspecified atom stereocenters. The van der Waals surface area contributed by atoms with Gasteiger partial charge in [0.15, 0.2) is 0 Å². The van der Waals surface area contributed by atoms with E-state index in [1.54, 1.807) is 12.3 Å². The molecule has 0 spiro atoms. The van der Waals surface area contributed by atoms with E-state index in [2.05, 4.69) is 25.9 Å². The Hall–Kier alpha value is -1.33. The van der Waals surface area contributed by atoms with Crippen LogP contribution in [0.4, 0.5) is 4.39 Å². The molecule has 1 N–H and O–H groups in total. The van der Waals surface area contributed by atoms with Crippen LogP contribution in [-0.4, -0.2) is 15.1 Å². The van der Waals surface area contributed by atoms with E-state index in [-0.39, 0.29) is 5.82 Å². The number of nitrogens with zero attached hydrogens (tertiary/aromatic N) is 2. The van der Waals surface area contributed by atoms with Crippen LogP contribution in [0.5, 0.6) is 0 Å². The predicted molar refractivity (Wildman–Crippen MR) is 69.5 cm³/mol. The Balaban J connectivity index is 2.15. The second-order valence-corrected chi connectivity index (χ2v) is 5.00. The summed E-state index contributed by atoms with van der Waals surface area (Å²) in [5.41, 5.74) is 1.98. The van der Waals surface area contributed by atoms with Gasteiger partial charge in [-0.25, -0.2) is 4.39 Å². The zero-order valence-corrected chi connectivity index (χ0v) is 11.4. The third kappa shape index (κ3) is 3.34. The molecule has 0 fully saturated rings. The summed E-state index contributed by atoms with van der Waals surface area (Å²) in [6.45, 7) is 1.83. The highest BCUT2D eigenvalue weighted by atomic mass is 79.9. The first kappa shape index (κ1) is 13.1. The molecule has 94 valence electrons. The Kier molecular flexibility index (Phi) is 4.04. The molecule has 2 rings (SSSR count). The fourth-order valence-electron chi connectivity index (χ4n) is 1.63. The molecular formula is C13H12BrFN2O. The summed E-state index contributed by atoms with van der Waals surface area (Å²) in [5, 5.41) is 10.0. The van der Waals surface area contributed by atoms with Crippen molar-refractivity contribution in [3.63, 3.8) is 0 Å². The fourth-order valence-corrected chi connectivity index (χ4v) is 2.14. The smallest absolute Gasteiger partial charge is 0.124 e. The van der Waals surface area contributed by atoms with Gasteiger partial charge in [0.2, 0.25) is 0 Å². The van der Waals surface area contributed by atoms with Crippen LogP contribution >= 0.6 is 15.9 Å². The molecule has 1 aromatic heterocycles. The van der Waals surface area contributed by atoms with Crippen LogP contribution in [0, 0.1) is 12.7 Å². The summed E-state index contributed by atoms with van der Waals surface area (Å²) in [4.78, 5) is 8.17. The van der Waals surface area contributed by atoms with Gasteiger partial charge in [-0.2, -0.15) is 0 Å². The van der Waals surface area contributed by atoms with Gasteiger partial charge in [-0.05, 0) is 30.7 Å². The number of aryl methyl sites for hydroxylation is 1. The number of hydrogen-bond donors (Lipinski definition) is 1. The Bertz CT molecular complexity index is 525. The van der Waals surface area contributed by atoms with E-state index >= 15 is 0 Å². The normalized spacial score (nSPS) is 12.4. The van der Waals surface area contributed by atoms with E-state index in [4.69, 9.17) is 0 Å². The summed E-state index contributed by atoms with van der Waals surface area (Å²) < 4.78 is 13.8. The molecule has 0 aliphatic carbocycles. The number of aromatic nitrogens is 2. The van der Waals surface area contributed by atoms with Gasteiger partial charge in [0.05, 0.1) is 17.6 Å². The van der Waals surface area contributed by atoms with Crippen LogP contribution in [0.15, 0.2) is 35.1 Å². The first-order valence-electron chi connectivity index (χ1n) is 5.46. The average molecular weight is 311 g/mol. The predicted octanol–water partition coefficient (Wildman–Crippen LogP) is 2.96. The molecule has 1 atom stereocenters. The van der Waals surface area contributed by atoms with Crippen molar-refractivity contribution in [3.8, 4) is 0 Å². The Morgan fingerprint density at radius 3 is 2.67 bits per heavy atom. The van der Waals surface area contributed by atoms with Gasteiger partial charge in [0.1, 0.15) is 11.9 Å². The molecule has 0 radical (unpaired) electrons. The molecule has 0 bridgehead atoms. The largest absolute Gasteiger partial charge is 0.386 e. The summed E-state index contributed by atoms with van der Waals surface area (Å²) in [6, 6.07) is 4.55. The quantitative estimate of drug-likeness (QED) is 0.948. The maximum absolute atomic E-state index is 13.2. The lowest BCUT2D eigenvalue weighted by Crippen LogP contribution is -2.05. The van der Waals surface area contributed by atoms with E-state index in [1.165, 1.54) is 18.3 Å². The van der Waals surface area contributed by atoms with Crippen LogP contribution in [-0.2, 0) is 6.42 Å². The number of halogens is 2. The van der Waals surface area contributed by atoms with Crippen molar-refractivity contribution in [3.05, 3.63) is 57.8 Å². The molecule has 18 heavy (non-hydrogen) atoms. The van der Waals surface area contributed by atoms with Gasteiger partial charge >= 0.3 is 0 Å². The van der Waals surface area contributed by atoms with Crippen molar-refractivity contribution in [1.82, 2.24) is 9.97 Å². The van der Waals surface area contributed by atoms with Crippen molar-refractivity contribution in [2.24, 2.45) is 0 Å². The van der Waals surface area contributed by atoms with Crippen molar-refractivity contribution >= 4 is 15.9 Å². The number of hydrogen-bond acceptors (Lipinski definition) is 3. The lowest BCUT2D eigenvalue weighted by atomic mass is 10.1. The summed E-state index contributed by atoms with van der Waals surface area (Å²) >= 11 is 3.22. The van der Waals surface area contributed by atoms with Crippen LogP contribution in [0.25, 0.3) is 0 Å². The van der Waals surface area contributed by atoms with E-state index in [0.717, 1.165) is 5.69 Å². The van der Waals surface area contributed by atoms with Gasteiger partial charge in [0.25, 0.3) is 0 Å². The maximum Gasteiger partial charge on any atom is 0.124 e. The minimum absolute atomic E-state index is 0.300. The highest BCUT2D eigenvalue weighted by Crippen LogP contribution is 2.20. The minimum Gasteiger partial charge on any atom is -0.386 e. The molecule has 2 aromatic rings. The fraction of sp³-hybridized carbons (Fsp3) is 0.231. The molecule has 0 saturated heterocycles. The van der Waals surface area contributed by atoms with Crippen LogP contribution < -0.4 is 0 Å². The molecule has 3 nitrogen and oxygen atoms in total. The third-order valence-electron chi connectivity index (χ3n) is 2.49. The SMILES string of the molecule is Cc1cnc(C(O)Cc2cc(F)cc(Br)c2)cn1. The van der Waals surface area contributed by atoms with Gasteiger partial charge in [-0.3, -0.25) is 9.97 Å². The Labute approximate surface area is 113 Å². The van der Waals surface area contributed by atoms with Crippen molar-refractivity contribution in [2.75, 3.05) is 0 Å². The zero-order valence-electron chi connectivity index (χ0n) is 9.77. The van der Waals surface area contributed by atoms with Gasteiger partial charge in [-0.15, -0.1) is 0 Å². The Morgan fingerprint density at radius 1 is 1.28 bits per heavy atom. The molecule has 0 aliphatic heterocycles. The first-order chi connectivity index (χ1) is 8.54. The second kappa shape index (κ2) is 5.54. The third-order valence-corrected chi connectivity index (χ3v) is 2.95. The minimum atomic E-state index is -0.785. The standard InChI is InChI=1S/C13H12BrFN2O/c1-8-6-17-12(7-16-8)13(18)4-9-2-10(14)5-11(15)3-9/h2-3,5-7,13,18H,4H2,1H3. The zero-order chi connectivity index (χ0) is 13.1. The lowest BCUT2D eigenvalue weighted by molar-refractivity contribution is 0.173. The number of aliphatic hydroxyl groups is 1. The van der Waals surface area contributed by atoms with E-state index < -0.39 is 6.10 Å². The van der Waals surface area contributed by atoms with Crippen LogP contribution in [0.1, 0.15) is 23.1 Å². The molecule has 1 aromatic carbocycles.